The molecule has 0 spiro atoms. The van der Waals surface area contributed by atoms with E-state index < -0.39 is 11.7 Å². The standard InChI is InChI=1S/C22H15FN2O4/c23-14-7-5-13(6-8-14)21(27)16-3-1-2-4-17(16)22(28)24-15-9-10-19-18(11-15)25-20(26)12-29-19/h1-11H,12H2,(H,24,28)(H,25,26). The Kier molecular flexibility index (Phi) is 4.78. The summed E-state index contributed by atoms with van der Waals surface area (Å²) in [6.45, 7) is -0.0580. The summed E-state index contributed by atoms with van der Waals surface area (Å²) in [5.74, 6) is -1.09. The molecule has 1 aliphatic heterocycles. The van der Waals surface area contributed by atoms with Crippen LogP contribution >= 0.6 is 0 Å². The number of ketones is 1. The molecule has 29 heavy (non-hydrogen) atoms. The number of carbonyl (C=O) groups is 3. The van der Waals surface area contributed by atoms with E-state index in [0.29, 0.717) is 17.1 Å². The second-order valence-corrected chi connectivity index (χ2v) is 6.38. The maximum Gasteiger partial charge on any atom is 0.262 e. The van der Waals surface area contributed by atoms with E-state index in [-0.39, 0.29) is 35.0 Å². The van der Waals surface area contributed by atoms with Gasteiger partial charge >= 0.3 is 0 Å². The predicted octanol–water partition coefficient (Wildman–Crippen LogP) is 3.64. The van der Waals surface area contributed by atoms with Gasteiger partial charge in [-0.3, -0.25) is 14.4 Å². The molecule has 0 aliphatic carbocycles. The summed E-state index contributed by atoms with van der Waals surface area (Å²) in [7, 11) is 0. The molecule has 1 heterocycles. The molecule has 3 aromatic carbocycles. The van der Waals surface area contributed by atoms with Gasteiger partial charge in [0.1, 0.15) is 11.6 Å². The second kappa shape index (κ2) is 7.55. The lowest BCUT2D eigenvalue weighted by Crippen LogP contribution is -2.25. The van der Waals surface area contributed by atoms with Crippen molar-refractivity contribution in [1.82, 2.24) is 0 Å². The topological polar surface area (TPSA) is 84.5 Å². The number of hydrogen-bond donors (Lipinski definition) is 2. The SMILES string of the molecule is O=C1COc2ccc(NC(=O)c3ccccc3C(=O)c3ccc(F)cc3)cc2N1. The molecule has 7 heteroatoms. The third kappa shape index (κ3) is 3.84. The van der Waals surface area contributed by atoms with Gasteiger partial charge in [0.25, 0.3) is 11.8 Å². The summed E-state index contributed by atoms with van der Waals surface area (Å²) >= 11 is 0. The Hall–Kier alpha value is -4.00. The largest absolute Gasteiger partial charge is 0.482 e. The molecule has 0 saturated heterocycles. The highest BCUT2D eigenvalue weighted by molar-refractivity contribution is 6.17. The minimum absolute atomic E-state index is 0.0580. The number of halogens is 1. The maximum atomic E-state index is 13.1. The van der Waals surface area contributed by atoms with E-state index in [1.54, 1.807) is 36.4 Å². The first-order valence-corrected chi connectivity index (χ1v) is 8.78. The van der Waals surface area contributed by atoms with E-state index in [1.165, 1.54) is 30.3 Å². The molecule has 0 atom stereocenters. The average molecular weight is 390 g/mol. The summed E-state index contributed by atoms with van der Waals surface area (Å²) in [6.07, 6.45) is 0. The van der Waals surface area contributed by atoms with Gasteiger partial charge < -0.3 is 15.4 Å². The van der Waals surface area contributed by atoms with Crippen LogP contribution in [0.4, 0.5) is 15.8 Å². The van der Waals surface area contributed by atoms with Crippen molar-refractivity contribution in [2.45, 2.75) is 0 Å². The van der Waals surface area contributed by atoms with Crippen LogP contribution in [0.1, 0.15) is 26.3 Å². The Morgan fingerprint density at radius 3 is 2.45 bits per heavy atom. The van der Waals surface area contributed by atoms with Gasteiger partial charge in [-0.2, -0.15) is 0 Å². The predicted molar refractivity (Wildman–Crippen MR) is 105 cm³/mol. The van der Waals surface area contributed by atoms with Crippen molar-refractivity contribution in [1.29, 1.82) is 0 Å². The fraction of sp³-hybridized carbons (Fsp3) is 0.0455. The molecule has 0 unspecified atom stereocenters. The number of amides is 2. The third-order valence-corrected chi connectivity index (χ3v) is 4.39. The molecule has 0 bridgehead atoms. The van der Waals surface area contributed by atoms with E-state index in [4.69, 9.17) is 4.74 Å². The van der Waals surface area contributed by atoms with Gasteiger partial charge in [-0.1, -0.05) is 18.2 Å². The lowest BCUT2D eigenvalue weighted by molar-refractivity contribution is -0.118. The van der Waals surface area contributed by atoms with Crippen LogP contribution in [0.5, 0.6) is 5.75 Å². The lowest BCUT2D eigenvalue weighted by Gasteiger charge is -2.18. The number of anilines is 2. The fourth-order valence-corrected chi connectivity index (χ4v) is 3.00. The van der Waals surface area contributed by atoms with Crippen LogP contribution in [0.25, 0.3) is 0 Å². The zero-order valence-corrected chi connectivity index (χ0v) is 15.1. The number of rotatable bonds is 4. The summed E-state index contributed by atoms with van der Waals surface area (Å²) < 4.78 is 18.4. The maximum absolute atomic E-state index is 13.1. The minimum Gasteiger partial charge on any atom is -0.482 e. The van der Waals surface area contributed by atoms with Crippen LogP contribution in [-0.2, 0) is 4.79 Å². The van der Waals surface area contributed by atoms with Crippen molar-refractivity contribution in [3.63, 3.8) is 0 Å². The van der Waals surface area contributed by atoms with E-state index >= 15 is 0 Å². The number of benzene rings is 3. The van der Waals surface area contributed by atoms with E-state index in [9.17, 15) is 18.8 Å². The molecule has 3 aromatic rings. The zero-order valence-electron chi connectivity index (χ0n) is 15.1. The van der Waals surface area contributed by atoms with Gasteiger partial charge in [-0.15, -0.1) is 0 Å². The van der Waals surface area contributed by atoms with Gasteiger partial charge in [0, 0.05) is 16.8 Å². The molecule has 6 nitrogen and oxygen atoms in total. The molecule has 0 aromatic heterocycles. The number of ether oxygens (including phenoxy) is 1. The summed E-state index contributed by atoms with van der Waals surface area (Å²) in [6, 6.07) is 16.4. The van der Waals surface area contributed by atoms with Crippen LogP contribution in [-0.4, -0.2) is 24.2 Å². The summed E-state index contributed by atoms with van der Waals surface area (Å²) in [5.41, 5.74) is 1.55. The first kappa shape index (κ1) is 18.4. The number of hydrogen-bond acceptors (Lipinski definition) is 4. The minimum atomic E-state index is -0.487. The number of nitrogens with one attached hydrogen (secondary N) is 2. The van der Waals surface area contributed by atoms with Crippen LogP contribution < -0.4 is 15.4 Å². The van der Waals surface area contributed by atoms with Crippen molar-refractivity contribution in [3.8, 4) is 5.75 Å². The average Bonchev–Trinajstić information content (AvgIpc) is 2.73. The first-order chi connectivity index (χ1) is 14.0. The monoisotopic (exact) mass is 390 g/mol. The normalized spacial score (nSPS) is 12.4. The molecule has 0 fully saturated rings. The summed E-state index contributed by atoms with van der Waals surface area (Å²) in [4.78, 5) is 37.1. The summed E-state index contributed by atoms with van der Waals surface area (Å²) in [5, 5.41) is 5.39. The smallest absolute Gasteiger partial charge is 0.262 e. The van der Waals surface area contributed by atoms with Crippen molar-refractivity contribution < 1.29 is 23.5 Å². The lowest BCUT2D eigenvalue weighted by atomic mass is 9.98. The third-order valence-electron chi connectivity index (χ3n) is 4.39. The Morgan fingerprint density at radius 2 is 1.69 bits per heavy atom. The highest BCUT2D eigenvalue weighted by atomic mass is 19.1. The first-order valence-electron chi connectivity index (χ1n) is 8.78. The van der Waals surface area contributed by atoms with E-state index in [1.807, 2.05) is 0 Å². The molecule has 1 aliphatic rings. The fourth-order valence-electron chi connectivity index (χ4n) is 3.00. The van der Waals surface area contributed by atoms with Crippen LogP contribution in [0, 0.1) is 5.82 Å². The molecular weight excluding hydrogens is 375 g/mol. The van der Waals surface area contributed by atoms with E-state index in [2.05, 4.69) is 10.6 Å². The highest BCUT2D eigenvalue weighted by Crippen LogP contribution is 2.30. The molecule has 2 N–H and O–H groups in total. The molecule has 2 amide bonds. The van der Waals surface area contributed by atoms with Crippen molar-refractivity contribution in [2.24, 2.45) is 0 Å². The van der Waals surface area contributed by atoms with Crippen LogP contribution in [0.3, 0.4) is 0 Å². The van der Waals surface area contributed by atoms with Crippen LogP contribution in [0.15, 0.2) is 66.7 Å². The van der Waals surface area contributed by atoms with Gasteiger partial charge in [0.2, 0.25) is 0 Å². The van der Waals surface area contributed by atoms with Crippen LogP contribution in [0.2, 0.25) is 0 Å². The number of carbonyl (C=O) groups excluding carboxylic acids is 3. The van der Waals surface area contributed by atoms with Crippen molar-refractivity contribution in [2.75, 3.05) is 17.2 Å². The van der Waals surface area contributed by atoms with Crippen molar-refractivity contribution >= 4 is 29.0 Å². The van der Waals surface area contributed by atoms with Gasteiger partial charge in [0.05, 0.1) is 11.3 Å². The van der Waals surface area contributed by atoms with Gasteiger partial charge in [-0.25, -0.2) is 4.39 Å². The quantitative estimate of drug-likeness (QED) is 0.666. The number of fused-ring (bicyclic) bond motifs is 1. The van der Waals surface area contributed by atoms with Crippen molar-refractivity contribution in [3.05, 3.63) is 89.2 Å². The second-order valence-electron chi connectivity index (χ2n) is 6.38. The Morgan fingerprint density at radius 1 is 0.966 bits per heavy atom. The molecule has 0 radical (unpaired) electrons. The van der Waals surface area contributed by atoms with Gasteiger partial charge in [-0.05, 0) is 48.5 Å². The zero-order chi connectivity index (χ0) is 20.4. The Bertz CT molecular complexity index is 1130. The molecule has 4 rings (SSSR count). The molecular formula is C22H15FN2O4. The molecule has 144 valence electrons. The Balaban J connectivity index is 1.60. The van der Waals surface area contributed by atoms with E-state index in [0.717, 1.165) is 0 Å². The Labute approximate surface area is 165 Å². The highest BCUT2D eigenvalue weighted by Gasteiger charge is 2.20. The van der Waals surface area contributed by atoms with Gasteiger partial charge in [0.15, 0.2) is 12.4 Å². The molecule has 0 saturated carbocycles.